The van der Waals surface area contributed by atoms with E-state index < -0.39 is 5.91 Å². The number of nitrogens with zero attached hydrogens (tertiary/aromatic N) is 1. The van der Waals surface area contributed by atoms with Crippen LogP contribution in [0.3, 0.4) is 0 Å². The van der Waals surface area contributed by atoms with Crippen LogP contribution in [0.15, 0.2) is 48.5 Å². The zero-order chi connectivity index (χ0) is 17.7. The van der Waals surface area contributed by atoms with Crippen molar-refractivity contribution in [3.05, 3.63) is 59.7 Å². The molecule has 0 atom stereocenters. The van der Waals surface area contributed by atoms with Gasteiger partial charge < -0.3 is 5.11 Å². The maximum absolute atomic E-state index is 11.2. The van der Waals surface area contributed by atoms with E-state index in [9.17, 15) is 15.1 Å². The normalized spacial score (nSPS) is 11.8. The number of carbonyl (C=O) groups is 1. The van der Waals surface area contributed by atoms with Crippen LogP contribution < -0.4 is 5.06 Å². The fourth-order valence-corrected chi connectivity index (χ4v) is 2.83. The molecule has 126 valence electrons. The predicted molar refractivity (Wildman–Crippen MR) is 96.9 cm³/mol. The van der Waals surface area contributed by atoms with E-state index in [0.717, 1.165) is 24.0 Å². The quantitative estimate of drug-likeness (QED) is 0.468. The molecule has 2 N–H and O–H groups in total. The molecule has 0 aliphatic rings. The van der Waals surface area contributed by atoms with E-state index in [1.54, 1.807) is 24.3 Å². The number of aromatic hydroxyl groups is 1. The predicted octanol–water partition coefficient (Wildman–Crippen LogP) is 4.87. The van der Waals surface area contributed by atoms with E-state index in [0.29, 0.717) is 10.8 Å². The fraction of sp³-hybridized carbons (Fsp3) is 0.250. The summed E-state index contributed by atoms with van der Waals surface area (Å²) in [5.41, 5.74) is 5.02. The van der Waals surface area contributed by atoms with Gasteiger partial charge in [-0.1, -0.05) is 38.1 Å². The smallest absolute Gasteiger partial charge is 0.247 e. The zero-order valence-electron chi connectivity index (χ0n) is 14.3. The van der Waals surface area contributed by atoms with E-state index in [2.05, 4.69) is 13.8 Å². The second-order valence-corrected chi connectivity index (χ2v) is 5.59. The van der Waals surface area contributed by atoms with Crippen molar-refractivity contribution in [1.29, 1.82) is 0 Å². The molecular formula is C20H23NO3. The second kappa shape index (κ2) is 7.79. The van der Waals surface area contributed by atoms with Crippen LogP contribution in [0.5, 0.6) is 5.75 Å². The first-order valence-electron chi connectivity index (χ1n) is 8.09. The summed E-state index contributed by atoms with van der Waals surface area (Å²) in [6.45, 7) is 5.52. The summed E-state index contributed by atoms with van der Waals surface area (Å²) in [5, 5.41) is 19.8. The van der Waals surface area contributed by atoms with Gasteiger partial charge in [0.15, 0.2) is 0 Å². The first-order chi connectivity index (χ1) is 11.5. The molecule has 0 radical (unpaired) electrons. The Bertz CT molecular complexity index is 730. The molecule has 4 nitrogen and oxygen atoms in total. The Morgan fingerprint density at radius 2 is 1.29 bits per heavy atom. The number of allylic oxidation sites excluding steroid dienone is 2. The van der Waals surface area contributed by atoms with Gasteiger partial charge in [-0.25, -0.2) is 0 Å². The Balaban J connectivity index is 2.44. The standard InChI is InChI=1S/C20H23NO3/c1-4-19(20(5-2)16-8-12-18(23)13-9-16)15-6-10-17(11-7-15)21(24)14(3)22/h6-13,23-24H,4-5H2,1-3H3/b20-19+. The maximum atomic E-state index is 11.2. The van der Waals surface area contributed by atoms with E-state index in [1.807, 2.05) is 24.3 Å². The molecule has 0 saturated carbocycles. The summed E-state index contributed by atoms with van der Waals surface area (Å²) in [7, 11) is 0. The summed E-state index contributed by atoms with van der Waals surface area (Å²) >= 11 is 0. The highest BCUT2D eigenvalue weighted by atomic mass is 16.5. The van der Waals surface area contributed by atoms with Crippen molar-refractivity contribution >= 4 is 22.7 Å². The van der Waals surface area contributed by atoms with Gasteiger partial charge in [-0.15, -0.1) is 0 Å². The van der Waals surface area contributed by atoms with Crippen molar-refractivity contribution in [2.45, 2.75) is 33.6 Å². The number of hydrogen-bond donors (Lipinski definition) is 2. The second-order valence-electron chi connectivity index (χ2n) is 5.59. The fourth-order valence-electron chi connectivity index (χ4n) is 2.83. The SMILES string of the molecule is CC/C(=C(/CC)c1ccc(N(O)C(C)=O)cc1)c1ccc(O)cc1. The minimum atomic E-state index is -0.424. The number of hydroxylamine groups is 1. The monoisotopic (exact) mass is 325 g/mol. The first-order valence-corrected chi connectivity index (χ1v) is 8.09. The van der Waals surface area contributed by atoms with Crippen LogP contribution >= 0.6 is 0 Å². The van der Waals surface area contributed by atoms with Crippen LogP contribution in [0.2, 0.25) is 0 Å². The number of phenols is 1. The van der Waals surface area contributed by atoms with E-state index in [1.165, 1.54) is 18.1 Å². The molecule has 0 aliphatic heterocycles. The van der Waals surface area contributed by atoms with Crippen molar-refractivity contribution in [1.82, 2.24) is 0 Å². The van der Waals surface area contributed by atoms with Crippen LogP contribution in [-0.4, -0.2) is 16.2 Å². The Kier molecular flexibility index (Phi) is 5.77. The van der Waals surface area contributed by atoms with E-state index in [4.69, 9.17) is 0 Å². The lowest BCUT2D eigenvalue weighted by atomic mass is 9.91. The van der Waals surface area contributed by atoms with E-state index >= 15 is 0 Å². The summed E-state index contributed by atoms with van der Waals surface area (Å²) in [5.74, 6) is -0.170. The van der Waals surface area contributed by atoms with Gasteiger partial charge in [0.25, 0.3) is 0 Å². The third-order valence-corrected chi connectivity index (χ3v) is 4.05. The molecule has 0 fully saturated rings. The Morgan fingerprint density at radius 1 is 0.875 bits per heavy atom. The molecule has 24 heavy (non-hydrogen) atoms. The molecule has 2 aromatic carbocycles. The molecule has 0 bridgehead atoms. The molecule has 2 aromatic rings. The molecule has 0 aromatic heterocycles. The van der Waals surface area contributed by atoms with Crippen molar-refractivity contribution in [3.8, 4) is 5.75 Å². The lowest BCUT2D eigenvalue weighted by molar-refractivity contribution is -0.121. The molecule has 4 heteroatoms. The first kappa shape index (κ1) is 17.8. The summed E-state index contributed by atoms with van der Waals surface area (Å²) in [6.07, 6.45) is 1.73. The molecular weight excluding hydrogens is 302 g/mol. The summed E-state index contributed by atoms with van der Waals surface area (Å²) in [6, 6.07) is 14.5. The van der Waals surface area contributed by atoms with Crippen molar-refractivity contribution < 1.29 is 15.1 Å². The van der Waals surface area contributed by atoms with Gasteiger partial charge in [-0.05, 0) is 59.4 Å². The van der Waals surface area contributed by atoms with Gasteiger partial charge in [0.2, 0.25) is 5.91 Å². The van der Waals surface area contributed by atoms with Gasteiger partial charge in [-0.3, -0.25) is 10.0 Å². The molecule has 2 rings (SSSR count). The maximum Gasteiger partial charge on any atom is 0.247 e. The molecule has 1 amide bonds. The van der Waals surface area contributed by atoms with Crippen molar-refractivity contribution in [2.24, 2.45) is 0 Å². The Labute approximate surface area is 142 Å². The zero-order valence-corrected chi connectivity index (χ0v) is 14.3. The lowest BCUT2D eigenvalue weighted by Gasteiger charge is -2.16. The molecule has 0 saturated heterocycles. The van der Waals surface area contributed by atoms with E-state index in [-0.39, 0.29) is 5.75 Å². The number of amides is 1. The average molecular weight is 325 g/mol. The third-order valence-electron chi connectivity index (χ3n) is 4.05. The van der Waals surface area contributed by atoms with Gasteiger partial charge >= 0.3 is 0 Å². The number of benzene rings is 2. The minimum Gasteiger partial charge on any atom is -0.508 e. The molecule has 0 heterocycles. The number of phenolic OH excluding ortho intramolecular Hbond substituents is 1. The topological polar surface area (TPSA) is 60.8 Å². The van der Waals surface area contributed by atoms with Crippen molar-refractivity contribution in [3.63, 3.8) is 0 Å². The molecule has 0 spiro atoms. The highest BCUT2D eigenvalue weighted by Crippen LogP contribution is 2.32. The van der Waals surface area contributed by atoms with Crippen molar-refractivity contribution in [2.75, 3.05) is 5.06 Å². The number of carbonyl (C=O) groups excluding carboxylic acids is 1. The molecule has 0 aliphatic carbocycles. The highest BCUT2D eigenvalue weighted by molar-refractivity contribution is 5.92. The molecule has 0 unspecified atom stereocenters. The third kappa shape index (κ3) is 3.84. The van der Waals surface area contributed by atoms with Crippen LogP contribution in [0, 0.1) is 0 Å². The van der Waals surface area contributed by atoms with Crippen LogP contribution in [-0.2, 0) is 4.79 Å². The minimum absolute atomic E-state index is 0.254. The van der Waals surface area contributed by atoms with Gasteiger partial charge in [0.05, 0.1) is 5.69 Å². The van der Waals surface area contributed by atoms with Gasteiger partial charge in [0.1, 0.15) is 5.75 Å². The number of rotatable bonds is 5. The summed E-state index contributed by atoms with van der Waals surface area (Å²) in [4.78, 5) is 11.2. The number of hydrogen-bond acceptors (Lipinski definition) is 3. The van der Waals surface area contributed by atoms with Crippen LogP contribution in [0.1, 0.15) is 44.7 Å². The van der Waals surface area contributed by atoms with Crippen LogP contribution in [0.4, 0.5) is 5.69 Å². The highest BCUT2D eigenvalue weighted by Gasteiger charge is 2.11. The average Bonchev–Trinajstić information content (AvgIpc) is 2.60. The Hall–Kier alpha value is -2.59. The van der Waals surface area contributed by atoms with Gasteiger partial charge in [-0.2, -0.15) is 5.06 Å². The number of anilines is 1. The lowest BCUT2D eigenvalue weighted by Crippen LogP contribution is -2.23. The largest absolute Gasteiger partial charge is 0.508 e. The van der Waals surface area contributed by atoms with Gasteiger partial charge in [0, 0.05) is 6.92 Å². The van der Waals surface area contributed by atoms with Crippen LogP contribution in [0.25, 0.3) is 11.1 Å². The summed E-state index contributed by atoms with van der Waals surface area (Å²) < 4.78 is 0. The Morgan fingerprint density at radius 3 is 1.67 bits per heavy atom.